The molecule has 1 aromatic heterocycles. The molecular weight excluding hydrogens is 555 g/mol. The zero-order chi connectivity index (χ0) is 29.7. The van der Waals surface area contributed by atoms with Crippen molar-refractivity contribution in [2.24, 2.45) is 0 Å². The number of halogens is 1. The number of rotatable bonds is 9. The van der Waals surface area contributed by atoms with Crippen molar-refractivity contribution >= 4 is 30.2 Å². The molecule has 5 rings (SSSR count). The maximum absolute atomic E-state index is 15.9. The Kier molecular flexibility index (Phi) is 8.11. The Labute approximate surface area is 236 Å². The van der Waals surface area contributed by atoms with Crippen LogP contribution in [0.3, 0.4) is 0 Å². The molecule has 2 aliphatic rings. The number of fused-ring (bicyclic) bond motifs is 1. The minimum absolute atomic E-state index is 0.566. The highest BCUT2D eigenvalue weighted by Crippen LogP contribution is 2.44. The van der Waals surface area contributed by atoms with Gasteiger partial charge < -0.3 is 23.7 Å². The van der Waals surface area contributed by atoms with Gasteiger partial charge in [0, 0.05) is 24.4 Å². The Balaban J connectivity index is 1.30. The zero-order valence-electron chi connectivity index (χ0n) is 21.7. The van der Waals surface area contributed by atoms with Crippen LogP contribution < -0.4 is 11.2 Å². The maximum Gasteiger partial charge on any atom is 0.509 e. The molecule has 2 saturated heterocycles. The standard InChI is InChI=1S/C29H23FN2O10/c30-29(17-38-22(34)13-11-19-7-3-1-4-8-19)25-24(40-28(37)41-25)26(42-29)31-16-15-21(33)32(27(31)36)18-39-23(35)14-12-20-9-5-2-6-10-20/h1-16,24-26H,17-18H2/b13-11+,14-12+/t24-,25+,26-,29-/m1/s1. The molecule has 2 fully saturated rings. The average Bonchev–Trinajstić information content (AvgIpc) is 3.51. The molecule has 12 nitrogen and oxygen atoms in total. The van der Waals surface area contributed by atoms with Crippen LogP contribution >= 0.6 is 0 Å². The predicted octanol–water partition coefficient (Wildman–Crippen LogP) is 2.58. The van der Waals surface area contributed by atoms with Crippen LogP contribution in [0.15, 0.2) is 94.7 Å². The van der Waals surface area contributed by atoms with Crippen LogP contribution in [0.5, 0.6) is 0 Å². The Morgan fingerprint density at radius 1 is 0.857 bits per heavy atom. The summed E-state index contributed by atoms with van der Waals surface area (Å²) >= 11 is 0. The molecule has 3 heterocycles. The van der Waals surface area contributed by atoms with Gasteiger partial charge in [0.25, 0.3) is 11.4 Å². The van der Waals surface area contributed by atoms with E-state index in [2.05, 4.69) is 0 Å². The van der Waals surface area contributed by atoms with Gasteiger partial charge in [-0.3, -0.25) is 9.36 Å². The monoisotopic (exact) mass is 578 g/mol. The van der Waals surface area contributed by atoms with E-state index in [1.807, 2.05) is 6.07 Å². The maximum atomic E-state index is 15.9. The number of alkyl halides is 1. The Hall–Kier alpha value is -5.30. The smallest absolute Gasteiger partial charge is 0.456 e. The first-order valence-electron chi connectivity index (χ1n) is 12.6. The van der Waals surface area contributed by atoms with Gasteiger partial charge in [-0.05, 0) is 23.3 Å². The van der Waals surface area contributed by atoms with Crippen molar-refractivity contribution in [2.75, 3.05) is 6.61 Å². The quantitative estimate of drug-likeness (QED) is 0.211. The fourth-order valence-electron chi connectivity index (χ4n) is 4.27. The van der Waals surface area contributed by atoms with Gasteiger partial charge in [0.15, 0.2) is 25.7 Å². The number of nitrogens with zero attached hydrogens (tertiary/aromatic N) is 2. The van der Waals surface area contributed by atoms with Crippen LogP contribution in [0.4, 0.5) is 9.18 Å². The zero-order valence-corrected chi connectivity index (χ0v) is 21.7. The first-order chi connectivity index (χ1) is 20.2. The second-order valence-electron chi connectivity index (χ2n) is 9.13. The lowest BCUT2D eigenvalue weighted by Gasteiger charge is -2.23. The van der Waals surface area contributed by atoms with Gasteiger partial charge in [-0.2, -0.15) is 0 Å². The molecule has 4 atom stereocenters. The SMILES string of the molecule is O=C(/C=C/c1ccccc1)OCn1c(=O)ccn([C@@H]2O[C@](F)(COC(=O)/C=C/c3ccccc3)[C@H]3OC(=O)O[C@@H]23)c1=O. The van der Waals surface area contributed by atoms with Crippen molar-refractivity contribution in [1.82, 2.24) is 9.13 Å². The van der Waals surface area contributed by atoms with E-state index in [1.165, 1.54) is 12.2 Å². The molecule has 0 unspecified atom stereocenters. The van der Waals surface area contributed by atoms with E-state index in [4.69, 9.17) is 23.7 Å². The minimum atomic E-state index is -2.90. The lowest BCUT2D eigenvalue weighted by atomic mass is 10.1. The summed E-state index contributed by atoms with van der Waals surface area (Å²) in [4.78, 5) is 61.8. The molecular formula is C29H23FN2O10. The number of carbonyl (C=O) groups is 3. The van der Waals surface area contributed by atoms with Gasteiger partial charge in [0.05, 0.1) is 0 Å². The van der Waals surface area contributed by atoms with Crippen molar-refractivity contribution in [3.8, 4) is 0 Å². The molecule has 3 aromatic rings. The first-order valence-corrected chi connectivity index (χ1v) is 12.6. The summed E-state index contributed by atoms with van der Waals surface area (Å²) in [5.41, 5.74) is -0.452. The average molecular weight is 579 g/mol. The highest BCUT2D eigenvalue weighted by molar-refractivity contribution is 5.87. The fraction of sp³-hybridized carbons (Fsp3) is 0.207. The van der Waals surface area contributed by atoms with Crippen LogP contribution in [0.25, 0.3) is 12.2 Å². The molecule has 0 bridgehead atoms. The van der Waals surface area contributed by atoms with E-state index >= 15 is 4.39 Å². The number of hydrogen-bond donors (Lipinski definition) is 0. The van der Waals surface area contributed by atoms with Gasteiger partial charge in [-0.25, -0.2) is 28.1 Å². The summed E-state index contributed by atoms with van der Waals surface area (Å²) < 4.78 is 42.7. The van der Waals surface area contributed by atoms with Crippen LogP contribution in [0, 0.1) is 0 Å². The first kappa shape index (κ1) is 28.2. The number of hydrogen-bond acceptors (Lipinski definition) is 10. The highest BCUT2D eigenvalue weighted by Gasteiger charge is 2.65. The van der Waals surface area contributed by atoms with E-state index in [0.717, 1.165) is 34.5 Å². The Morgan fingerprint density at radius 3 is 2.07 bits per heavy atom. The van der Waals surface area contributed by atoms with E-state index in [1.54, 1.807) is 54.6 Å². The van der Waals surface area contributed by atoms with Gasteiger partial charge >= 0.3 is 23.8 Å². The van der Waals surface area contributed by atoms with Gasteiger partial charge in [0.2, 0.25) is 6.10 Å². The van der Waals surface area contributed by atoms with Crippen LogP contribution in [0.1, 0.15) is 17.4 Å². The summed E-state index contributed by atoms with van der Waals surface area (Å²) in [5, 5.41) is 0. The molecule has 0 saturated carbocycles. The van der Waals surface area contributed by atoms with Crippen molar-refractivity contribution < 1.29 is 42.5 Å². The number of esters is 2. The van der Waals surface area contributed by atoms with Crippen molar-refractivity contribution in [2.45, 2.75) is 31.0 Å². The van der Waals surface area contributed by atoms with E-state index in [0.29, 0.717) is 10.1 Å². The summed E-state index contributed by atoms with van der Waals surface area (Å²) in [6.45, 7) is -1.77. The van der Waals surface area contributed by atoms with Gasteiger partial charge in [-0.15, -0.1) is 0 Å². The second kappa shape index (κ2) is 12.1. The van der Waals surface area contributed by atoms with Crippen molar-refractivity contribution in [3.63, 3.8) is 0 Å². The molecule has 13 heteroatoms. The topological polar surface area (TPSA) is 141 Å². The molecule has 0 N–H and O–H groups in total. The third-order valence-electron chi connectivity index (χ3n) is 6.32. The summed E-state index contributed by atoms with van der Waals surface area (Å²) in [7, 11) is 0. The van der Waals surface area contributed by atoms with Gasteiger partial charge in [0.1, 0.15) is 0 Å². The Bertz CT molecular complexity index is 1650. The van der Waals surface area contributed by atoms with Gasteiger partial charge in [-0.1, -0.05) is 60.7 Å². The van der Waals surface area contributed by atoms with Crippen molar-refractivity contribution in [3.05, 3.63) is 117 Å². The summed E-state index contributed by atoms with van der Waals surface area (Å²) in [6.07, 6.45) is 0.142. The van der Waals surface area contributed by atoms with Crippen molar-refractivity contribution in [1.29, 1.82) is 0 Å². The molecule has 2 aliphatic heterocycles. The molecule has 0 aliphatic carbocycles. The fourth-order valence-corrected chi connectivity index (χ4v) is 4.27. The lowest BCUT2D eigenvalue weighted by molar-refractivity contribution is -0.218. The molecule has 0 spiro atoms. The van der Waals surface area contributed by atoms with E-state index in [9.17, 15) is 24.0 Å². The molecule has 42 heavy (non-hydrogen) atoms. The highest BCUT2D eigenvalue weighted by atomic mass is 19.2. The number of benzene rings is 2. The van der Waals surface area contributed by atoms with E-state index < -0.39 is 67.0 Å². The lowest BCUT2D eigenvalue weighted by Crippen LogP contribution is -2.43. The number of aromatic nitrogens is 2. The Morgan fingerprint density at radius 2 is 1.45 bits per heavy atom. The second-order valence-corrected chi connectivity index (χ2v) is 9.13. The van der Waals surface area contributed by atoms with Crippen LogP contribution in [-0.2, 0) is 40.0 Å². The van der Waals surface area contributed by atoms with Crippen LogP contribution in [0.2, 0.25) is 0 Å². The number of carbonyl (C=O) groups excluding carboxylic acids is 3. The molecule has 0 radical (unpaired) electrons. The molecule has 216 valence electrons. The minimum Gasteiger partial charge on any atom is -0.456 e. The largest absolute Gasteiger partial charge is 0.509 e. The third-order valence-corrected chi connectivity index (χ3v) is 6.32. The number of ether oxygens (including phenoxy) is 5. The predicted molar refractivity (Wildman–Crippen MR) is 142 cm³/mol. The van der Waals surface area contributed by atoms with E-state index in [-0.39, 0.29) is 0 Å². The molecule has 0 amide bonds. The van der Waals surface area contributed by atoms with Crippen LogP contribution in [-0.4, -0.2) is 51.9 Å². The summed E-state index contributed by atoms with van der Waals surface area (Å²) in [5.74, 6) is -4.63. The normalized spacial score (nSPS) is 23.0. The summed E-state index contributed by atoms with van der Waals surface area (Å²) in [6, 6.07) is 18.6. The third kappa shape index (κ3) is 6.20. The molecule has 2 aromatic carbocycles.